The van der Waals surface area contributed by atoms with Crippen molar-refractivity contribution in [2.45, 2.75) is 136 Å². The fourth-order valence-corrected chi connectivity index (χ4v) is 8.93. The average molecular weight is 994 g/mol. The summed E-state index contributed by atoms with van der Waals surface area (Å²) >= 11 is 0. The molecular weight excluding hydrogens is 929 g/mol. The van der Waals surface area contributed by atoms with Crippen LogP contribution in [0.3, 0.4) is 0 Å². The molecule has 0 fully saturated rings. The third-order valence-corrected chi connectivity index (χ3v) is 13.0. The zero-order valence-corrected chi connectivity index (χ0v) is 46.3. The van der Waals surface area contributed by atoms with Crippen molar-refractivity contribution in [3.05, 3.63) is 107 Å². The number of H-pyrrole nitrogens is 1. The molecule has 3 aromatic carbocycles. The number of carboxylic acid groups (broad SMARTS) is 2. The van der Waals surface area contributed by atoms with Gasteiger partial charge in [0.1, 0.15) is 30.2 Å². The molecule has 17 nitrogen and oxygen atoms in total. The predicted molar refractivity (Wildman–Crippen MR) is 254 cm³/mol. The van der Waals surface area contributed by atoms with Crippen LogP contribution in [-0.2, 0) is 57.6 Å². The smallest absolute Gasteiger partial charge is 0.550 e. The van der Waals surface area contributed by atoms with E-state index < -0.39 is 108 Å². The Balaban J connectivity index is 0.00000666. The van der Waals surface area contributed by atoms with Crippen LogP contribution >= 0.6 is 0 Å². The second-order valence-corrected chi connectivity index (χ2v) is 18.6. The molecule has 0 aliphatic heterocycles. The van der Waals surface area contributed by atoms with Crippen LogP contribution in [0, 0.1) is 17.8 Å². The maximum absolute atomic E-state index is 14.6. The molecule has 71 heavy (non-hydrogen) atoms. The number of para-hydroxylation sites is 1. The molecule has 19 heteroatoms. The summed E-state index contributed by atoms with van der Waals surface area (Å²) in [5, 5.41) is 41.1. The van der Waals surface area contributed by atoms with Crippen molar-refractivity contribution in [2.24, 2.45) is 17.8 Å². The third-order valence-electron chi connectivity index (χ3n) is 13.0. The van der Waals surface area contributed by atoms with Crippen molar-refractivity contribution < 1.29 is 108 Å². The second kappa shape index (κ2) is 28.3. The van der Waals surface area contributed by atoms with E-state index in [0.717, 1.165) is 33.2 Å². The first-order valence-electron chi connectivity index (χ1n) is 23.7. The molecule has 6 amide bonds. The summed E-state index contributed by atoms with van der Waals surface area (Å²) in [6, 6.07) is 14.2. The minimum atomic E-state index is -1.79. The number of benzene rings is 3. The summed E-state index contributed by atoms with van der Waals surface area (Å²) in [7, 11) is 0. The molecule has 1 aromatic heterocycles. The molecule has 4 aromatic rings. The van der Waals surface area contributed by atoms with Gasteiger partial charge in [-0.3, -0.25) is 28.8 Å². The first-order chi connectivity index (χ1) is 32.8. The summed E-state index contributed by atoms with van der Waals surface area (Å²) < 4.78 is 0. The van der Waals surface area contributed by atoms with Gasteiger partial charge in [-0.05, 0) is 70.9 Å². The van der Waals surface area contributed by atoms with E-state index >= 15 is 0 Å². The molecule has 0 radical (unpaired) electrons. The summed E-state index contributed by atoms with van der Waals surface area (Å²) in [4.78, 5) is 111. The van der Waals surface area contributed by atoms with Crippen molar-refractivity contribution in [2.75, 3.05) is 0 Å². The molecule has 0 saturated heterocycles. The number of nitrogens with one attached hydrogen (secondary N) is 7. The molecule has 1 heterocycles. The van der Waals surface area contributed by atoms with E-state index in [0.29, 0.717) is 31.2 Å². The van der Waals surface area contributed by atoms with Crippen LogP contribution in [0.2, 0.25) is 0 Å². The number of amides is 6. The molecule has 8 atom stereocenters. The van der Waals surface area contributed by atoms with Gasteiger partial charge in [0.2, 0.25) is 35.4 Å². The Bertz CT molecular complexity index is 2470. The number of rotatable bonds is 23. The number of fused-ring (bicyclic) bond motifs is 3. The van der Waals surface area contributed by atoms with Gasteiger partial charge in [0.15, 0.2) is 0 Å². The zero-order valence-electron chi connectivity index (χ0n) is 42.3. The third kappa shape index (κ3) is 16.2. The number of hydrogen-bond donors (Lipinski definition) is 7. The van der Waals surface area contributed by atoms with Gasteiger partial charge in [0.05, 0.1) is 12.0 Å². The van der Waals surface area contributed by atoms with Gasteiger partial charge in [-0.1, -0.05) is 121 Å². The van der Waals surface area contributed by atoms with Gasteiger partial charge in [-0.15, -0.1) is 0 Å². The van der Waals surface area contributed by atoms with Crippen LogP contribution in [0.5, 0.6) is 0 Å². The zero-order chi connectivity index (χ0) is 50.5. The average Bonchev–Trinajstić information content (AvgIpc) is 3.64. The molecule has 0 bridgehead atoms. The van der Waals surface area contributed by atoms with Gasteiger partial charge >= 0.3 is 59.1 Å². The van der Waals surface area contributed by atoms with Gasteiger partial charge in [-0.2, -0.15) is 0 Å². The Morgan fingerprint density at radius 2 is 1.08 bits per heavy atom. The van der Waals surface area contributed by atoms with Crippen LogP contribution in [0.1, 0.15) is 108 Å². The van der Waals surface area contributed by atoms with Crippen molar-refractivity contribution in [1.82, 2.24) is 36.9 Å². The Morgan fingerprint density at radius 1 is 0.606 bits per heavy atom. The van der Waals surface area contributed by atoms with E-state index in [4.69, 9.17) is 0 Å². The number of hydrogen-bond acceptors (Lipinski definition) is 10. The number of carbonyl (C=O) groups is 8. The van der Waals surface area contributed by atoms with E-state index in [1.54, 1.807) is 40.0 Å². The number of aryl methyl sites for hydroxylation is 2. The Morgan fingerprint density at radius 3 is 1.61 bits per heavy atom. The minimum absolute atomic E-state index is 0. The number of aromatic nitrogens is 1. The second-order valence-electron chi connectivity index (χ2n) is 18.6. The summed E-state index contributed by atoms with van der Waals surface area (Å²) in [5.41, 5.74) is 5.08. The molecular formula is C52H65N7Na2O10. The van der Waals surface area contributed by atoms with Crippen LogP contribution < -0.4 is 101 Å². The quantitative estimate of drug-likeness (QED) is 0.0351. The monoisotopic (exact) mass is 993 g/mol. The van der Waals surface area contributed by atoms with Crippen molar-refractivity contribution >= 4 is 58.3 Å². The van der Waals surface area contributed by atoms with Gasteiger partial charge < -0.3 is 56.7 Å². The van der Waals surface area contributed by atoms with E-state index in [2.05, 4.69) is 36.9 Å². The topological polar surface area (TPSA) is 271 Å². The molecule has 370 valence electrons. The van der Waals surface area contributed by atoms with Gasteiger partial charge in [0.25, 0.3) is 0 Å². The number of aliphatic carboxylic acids is 2. The van der Waals surface area contributed by atoms with Crippen molar-refractivity contribution in [3.8, 4) is 0 Å². The van der Waals surface area contributed by atoms with E-state index in [1.165, 1.54) is 6.92 Å². The van der Waals surface area contributed by atoms with Crippen molar-refractivity contribution in [3.63, 3.8) is 0 Å². The molecule has 0 unspecified atom stereocenters. The molecule has 0 spiro atoms. The molecule has 1 aliphatic rings. The van der Waals surface area contributed by atoms with Crippen LogP contribution in [0.15, 0.2) is 79.0 Å². The molecule has 0 saturated carbocycles. The number of carboxylic acids is 2. The standard InChI is InChI=1S/C52H67N7O10.2Na/c1-8-29(5)44(49(65)57-41(52(68)69)25-34-27-53-38-21-15-14-18-35(34)38)59-50(66)45(30(6)9-2)58-48(64)40(26-42(61)62)55-47(63)39(24-28(3)4)56-51(67)46(54-31(7)60)43-36-19-12-10-16-32(36)22-23-33-17-11-13-20-37(33)43;;/h10-21,27-30,39-41,43-46,53H,8-9,22-26H2,1-7H3,(H,54,60)(H,55,63)(H,56,67)(H,57,65)(H,58,64)(H,59,66)(H,61,62)(H,68,69);;/q;2*+1/p-2/t29-,30-,39-,40-,41-,44-,45-,46+;;/m0../s1. The minimum Gasteiger partial charge on any atom is -0.550 e. The number of aromatic amines is 1. The normalized spacial score (nSPS) is 15.4. The van der Waals surface area contributed by atoms with Crippen LogP contribution in [0.25, 0.3) is 10.9 Å². The summed E-state index contributed by atoms with van der Waals surface area (Å²) in [5.74, 6) is -9.89. The fourth-order valence-electron chi connectivity index (χ4n) is 8.93. The van der Waals surface area contributed by atoms with E-state index in [-0.39, 0.29) is 77.9 Å². The predicted octanol–water partition coefficient (Wildman–Crippen LogP) is -4.39. The van der Waals surface area contributed by atoms with Gasteiger partial charge in [-0.25, -0.2) is 0 Å². The van der Waals surface area contributed by atoms with Crippen LogP contribution in [0.4, 0.5) is 0 Å². The maximum atomic E-state index is 14.6. The van der Waals surface area contributed by atoms with Gasteiger partial charge in [0, 0.05) is 48.8 Å². The molecule has 1 aliphatic carbocycles. The van der Waals surface area contributed by atoms with Crippen LogP contribution in [-0.4, -0.2) is 88.6 Å². The first kappa shape index (κ1) is 60.3. The first-order valence-corrected chi connectivity index (χ1v) is 23.7. The Kier molecular flexibility index (Phi) is 24.0. The SMILES string of the molecule is CC[C@H](C)[C@H](NC(=O)[C@H](CC(=O)[O-])NC(=O)[C@H](CC(C)C)NC(=O)[C@H](NC(C)=O)C1c2ccccc2CCc2ccccc21)C(=O)N[C@H](C(=O)N[C@@H](Cc1c[nH]c2ccccc12)C(=O)[O-])[C@@H](C)CC.[Na+].[Na+]. The fraction of sp³-hybridized carbons (Fsp3) is 0.462. The Hall–Kier alpha value is -5.04. The van der Waals surface area contributed by atoms with E-state index in [9.17, 15) is 48.6 Å². The Labute approximate surface area is 459 Å². The van der Waals surface area contributed by atoms with Crippen molar-refractivity contribution in [1.29, 1.82) is 0 Å². The maximum Gasteiger partial charge on any atom is 1.00 e. The number of carbonyl (C=O) groups excluding carboxylic acids is 8. The summed E-state index contributed by atoms with van der Waals surface area (Å²) in [6.07, 6.45) is 2.71. The largest absolute Gasteiger partial charge is 1.00 e. The molecule has 7 N–H and O–H groups in total. The van der Waals surface area contributed by atoms with E-state index in [1.807, 2.05) is 80.6 Å². The molecule has 5 rings (SSSR count). The summed E-state index contributed by atoms with van der Waals surface area (Å²) in [6.45, 7) is 11.8.